The lowest BCUT2D eigenvalue weighted by Crippen LogP contribution is -2.06. The second-order valence-electron chi connectivity index (χ2n) is 5.45. The Kier molecular flexibility index (Phi) is 5.17. The van der Waals surface area contributed by atoms with Gasteiger partial charge in [0.1, 0.15) is 17.3 Å². The van der Waals surface area contributed by atoms with Crippen LogP contribution >= 0.6 is 11.3 Å². The average Bonchev–Trinajstić information content (AvgIpc) is 2.96. The van der Waals surface area contributed by atoms with Crippen molar-refractivity contribution in [2.24, 2.45) is 5.73 Å². The Morgan fingerprint density at radius 3 is 2.75 bits per heavy atom. The highest BCUT2D eigenvalue weighted by Gasteiger charge is 2.08. The third-order valence-corrected chi connectivity index (χ3v) is 4.42. The summed E-state index contributed by atoms with van der Waals surface area (Å²) in [6, 6.07) is 11.8. The van der Waals surface area contributed by atoms with Crippen LogP contribution in [0.3, 0.4) is 0 Å². The molecule has 0 aliphatic rings. The number of rotatable bonds is 7. The van der Waals surface area contributed by atoms with E-state index in [2.05, 4.69) is 4.98 Å². The van der Waals surface area contributed by atoms with Gasteiger partial charge in [-0.2, -0.15) is 0 Å². The van der Waals surface area contributed by atoms with Crippen LogP contribution in [-0.2, 0) is 11.2 Å². The number of aromatic nitrogens is 1. The monoisotopic (exact) mass is 344 g/mol. The first-order chi connectivity index (χ1) is 11.6. The molecule has 3 aromatic rings. The molecule has 0 aliphatic heterocycles. The largest absolute Gasteiger partial charge is 0.431 e. The van der Waals surface area contributed by atoms with Gasteiger partial charge in [-0.15, -0.1) is 0 Å². The summed E-state index contributed by atoms with van der Waals surface area (Å²) < 4.78 is 19.7. The number of benzene rings is 2. The minimum absolute atomic E-state index is 0.183. The van der Waals surface area contributed by atoms with Gasteiger partial charge in [0.15, 0.2) is 0 Å². The van der Waals surface area contributed by atoms with Crippen LogP contribution in [0.1, 0.15) is 18.4 Å². The molecule has 3 rings (SSSR count). The molecule has 2 aromatic carbocycles. The molecule has 0 spiro atoms. The lowest BCUT2D eigenvalue weighted by molar-refractivity contribution is -0.118. The van der Waals surface area contributed by atoms with Gasteiger partial charge in [-0.1, -0.05) is 23.5 Å². The smallest absolute Gasteiger partial charge is 0.279 e. The van der Waals surface area contributed by atoms with Crippen molar-refractivity contribution >= 4 is 27.3 Å². The van der Waals surface area contributed by atoms with Gasteiger partial charge in [-0.05, 0) is 48.9 Å². The Hall–Kier alpha value is -2.31. The molecule has 1 aromatic heterocycles. The molecule has 24 heavy (non-hydrogen) atoms. The lowest BCUT2D eigenvalue weighted by Gasteiger charge is -2.04. The Morgan fingerprint density at radius 1 is 1.21 bits per heavy atom. The van der Waals surface area contributed by atoms with E-state index in [9.17, 15) is 9.18 Å². The molecule has 0 amide bonds. The average molecular weight is 344 g/mol. The number of hydrogen-bond acceptors (Lipinski definition) is 5. The first-order valence-electron chi connectivity index (χ1n) is 7.69. The molecule has 4 nitrogen and oxygen atoms in total. The standard InChI is InChI=1S/C18H17FN2O2S/c19-13-5-8-16-17(11-13)24-18(21-16)23-15-6-3-12(4-7-15)10-14(22)2-1-9-20/h3-8,11H,1-2,9-10,20H2. The van der Waals surface area contributed by atoms with Gasteiger partial charge in [0.05, 0.1) is 10.2 Å². The van der Waals surface area contributed by atoms with Crippen molar-refractivity contribution < 1.29 is 13.9 Å². The molecule has 0 aliphatic carbocycles. The summed E-state index contributed by atoms with van der Waals surface area (Å²) in [7, 11) is 0. The number of nitrogens with two attached hydrogens (primary N) is 1. The number of carbonyl (C=O) groups is 1. The fraction of sp³-hybridized carbons (Fsp3) is 0.222. The molecule has 0 atom stereocenters. The summed E-state index contributed by atoms with van der Waals surface area (Å²) in [6.07, 6.45) is 1.63. The van der Waals surface area contributed by atoms with E-state index in [1.807, 2.05) is 12.1 Å². The van der Waals surface area contributed by atoms with Crippen LogP contribution in [0.5, 0.6) is 10.9 Å². The molecule has 0 bridgehead atoms. The van der Waals surface area contributed by atoms with Gasteiger partial charge in [-0.25, -0.2) is 9.37 Å². The maximum atomic E-state index is 13.2. The minimum Gasteiger partial charge on any atom is -0.431 e. The van der Waals surface area contributed by atoms with Crippen LogP contribution in [-0.4, -0.2) is 17.3 Å². The Balaban J connectivity index is 1.65. The van der Waals surface area contributed by atoms with Gasteiger partial charge in [0, 0.05) is 12.8 Å². The Labute approximate surface area is 143 Å². The molecule has 1 heterocycles. The Bertz CT molecular complexity index is 846. The third kappa shape index (κ3) is 4.15. The number of hydrogen-bond donors (Lipinski definition) is 1. The number of halogens is 1. The number of fused-ring (bicyclic) bond motifs is 1. The lowest BCUT2D eigenvalue weighted by atomic mass is 10.1. The molecule has 0 saturated carbocycles. The van der Waals surface area contributed by atoms with E-state index in [0.29, 0.717) is 35.8 Å². The van der Waals surface area contributed by atoms with Crippen LogP contribution in [0, 0.1) is 5.82 Å². The van der Waals surface area contributed by atoms with Crippen molar-refractivity contribution in [1.29, 1.82) is 0 Å². The van der Waals surface area contributed by atoms with Gasteiger partial charge >= 0.3 is 0 Å². The maximum Gasteiger partial charge on any atom is 0.279 e. The molecule has 2 N–H and O–H groups in total. The van der Waals surface area contributed by atoms with Gasteiger partial charge in [-0.3, -0.25) is 4.79 Å². The van der Waals surface area contributed by atoms with Crippen molar-refractivity contribution in [3.63, 3.8) is 0 Å². The van der Waals surface area contributed by atoms with E-state index < -0.39 is 0 Å². The van der Waals surface area contributed by atoms with Crippen molar-refractivity contribution in [1.82, 2.24) is 4.98 Å². The van der Waals surface area contributed by atoms with E-state index >= 15 is 0 Å². The molecule has 124 valence electrons. The molecule has 6 heteroatoms. The minimum atomic E-state index is -0.290. The summed E-state index contributed by atoms with van der Waals surface area (Å²) in [5, 5.41) is 0.461. The SMILES string of the molecule is NCCCC(=O)Cc1ccc(Oc2nc3ccc(F)cc3s2)cc1. The molecular weight excluding hydrogens is 327 g/mol. The molecule has 0 saturated heterocycles. The fourth-order valence-electron chi connectivity index (χ4n) is 2.31. The van der Waals surface area contributed by atoms with Crippen LogP contribution in [0.25, 0.3) is 10.2 Å². The van der Waals surface area contributed by atoms with Crippen LogP contribution in [0.15, 0.2) is 42.5 Å². The molecule has 0 unspecified atom stereocenters. The molecular formula is C18H17FN2O2S. The summed E-state index contributed by atoms with van der Waals surface area (Å²) in [5.41, 5.74) is 7.05. The quantitative estimate of drug-likeness (QED) is 0.701. The second-order valence-corrected chi connectivity index (χ2v) is 6.44. The highest BCUT2D eigenvalue weighted by atomic mass is 32.1. The van der Waals surface area contributed by atoms with E-state index in [4.69, 9.17) is 10.5 Å². The summed E-state index contributed by atoms with van der Waals surface area (Å²) in [4.78, 5) is 16.1. The second kappa shape index (κ2) is 7.51. The van der Waals surface area contributed by atoms with Gasteiger partial charge in [0.2, 0.25) is 0 Å². The highest BCUT2D eigenvalue weighted by molar-refractivity contribution is 7.20. The zero-order valence-electron chi connectivity index (χ0n) is 13.0. The Morgan fingerprint density at radius 2 is 2.00 bits per heavy atom. The van der Waals surface area contributed by atoms with Gasteiger partial charge in [0.25, 0.3) is 5.19 Å². The van der Waals surface area contributed by atoms with E-state index in [0.717, 1.165) is 16.7 Å². The summed E-state index contributed by atoms with van der Waals surface area (Å²) in [6.45, 7) is 0.532. The first kappa shape index (κ1) is 16.5. The van der Waals surface area contributed by atoms with Crippen molar-refractivity contribution in [2.75, 3.05) is 6.54 Å². The maximum absolute atomic E-state index is 13.2. The highest BCUT2D eigenvalue weighted by Crippen LogP contribution is 2.31. The van der Waals surface area contributed by atoms with Crippen molar-refractivity contribution in [2.45, 2.75) is 19.3 Å². The van der Waals surface area contributed by atoms with E-state index in [-0.39, 0.29) is 11.6 Å². The summed E-state index contributed by atoms with van der Waals surface area (Å²) in [5.74, 6) is 0.524. The van der Waals surface area contributed by atoms with Crippen molar-refractivity contribution in [3.8, 4) is 10.9 Å². The van der Waals surface area contributed by atoms with Crippen LogP contribution in [0.2, 0.25) is 0 Å². The van der Waals surface area contributed by atoms with Crippen molar-refractivity contribution in [3.05, 3.63) is 53.8 Å². The zero-order valence-corrected chi connectivity index (χ0v) is 13.8. The number of nitrogens with zero attached hydrogens (tertiary/aromatic N) is 1. The van der Waals surface area contributed by atoms with E-state index in [1.165, 1.54) is 23.5 Å². The number of thiazole rings is 1. The van der Waals surface area contributed by atoms with E-state index in [1.54, 1.807) is 18.2 Å². The number of Topliss-reactive ketones (excluding diaryl/α,β-unsaturated/α-hetero) is 1. The normalized spacial score (nSPS) is 10.9. The fourth-order valence-corrected chi connectivity index (χ4v) is 3.17. The topological polar surface area (TPSA) is 65.2 Å². The van der Waals surface area contributed by atoms with Crippen LogP contribution < -0.4 is 10.5 Å². The molecule has 0 fully saturated rings. The first-order valence-corrected chi connectivity index (χ1v) is 8.50. The molecule has 0 radical (unpaired) electrons. The number of ether oxygens (including phenoxy) is 1. The number of ketones is 1. The summed E-state index contributed by atoms with van der Waals surface area (Å²) >= 11 is 1.29. The zero-order chi connectivity index (χ0) is 16.9. The number of carbonyl (C=O) groups excluding carboxylic acids is 1. The third-order valence-electron chi connectivity index (χ3n) is 3.52. The predicted octanol–water partition coefficient (Wildman–Crippen LogP) is 4.08. The predicted molar refractivity (Wildman–Crippen MR) is 93.1 cm³/mol. The van der Waals surface area contributed by atoms with Crippen LogP contribution in [0.4, 0.5) is 4.39 Å². The van der Waals surface area contributed by atoms with Gasteiger partial charge < -0.3 is 10.5 Å².